The third-order valence-electron chi connectivity index (χ3n) is 3.69. The first-order valence-corrected chi connectivity index (χ1v) is 6.84. The maximum atomic E-state index is 12.5. The molecule has 1 aliphatic heterocycles. The van der Waals surface area contributed by atoms with Crippen LogP contribution >= 0.6 is 0 Å². The van der Waals surface area contributed by atoms with Crippen molar-refractivity contribution in [2.24, 2.45) is 5.73 Å². The minimum Gasteiger partial charge on any atom is -0.347 e. The second kappa shape index (κ2) is 6.05. The lowest BCUT2D eigenvalue weighted by molar-refractivity contribution is -0.143. The summed E-state index contributed by atoms with van der Waals surface area (Å²) < 4.78 is 0. The van der Waals surface area contributed by atoms with Crippen molar-refractivity contribution in [3.05, 3.63) is 35.9 Å². The van der Waals surface area contributed by atoms with Crippen LogP contribution in [0, 0.1) is 0 Å². The van der Waals surface area contributed by atoms with Gasteiger partial charge in [-0.3, -0.25) is 9.59 Å². The molecule has 0 radical (unpaired) electrons. The molecule has 1 aromatic carbocycles. The molecule has 1 saturated heterocycles. The number of hydrogen-bond donors (Lipinski definition) is 1. The zero-order chi connectivity index (χ0) is 14.7. The monoisotopic (exact) mass is 275 g/mol. The molecule has 1 aliphatic rings. The number of likely N-dealkylation sites (tertiary alicyclic amines) is 1. The standard InChI is InChI=1S/C15H21N3O2/c1-17(2)14(19)12-9-6-10-18(12)15(20)13(16)11-7-4-3-5-8-11/h3-5,7-8,12-13H,6,9-10,16H2,1-2H3/t12?,13-/m1/s1. The Bertz CT molecular complexity index is 487. The highest BCUT2D eigenvalue weighted by Crippen LogP contribution is 2.23. The summed E-state index contributed by atoms with van der Waals surface area (Å²) in [5.41, 5.74) is 6.82. The molecule has 0 aliphatic carbocycles. The third kappa shape index (κ3) is 2.82. The zero-order valence-corrected chi connectivity index (χ0v) is 12.0. The number of hydrogen-bond acceptors (Lipinski definition) is 3. The lowest BCUT2D eigenvalue weighted by Gasteiger charge is -2.28. The van der Waals surface area contributed by atoms with E-state index in [2.05, 4.69) is 0 Å². The van der Waals surface area contributed by atoms with Gasteiger partial charge in [0.05, 0.1) is 0 Å². The normalized spacial score (nSPS) is 19.8. The van der Waals surface area contributed by atoms with Crippen LogP contribution in [0.5, 0.6) is 0 Å². The first kappa shape index (κ1) is 14.5. The molecule has 1 fully saturated rings. The number of likely N-dealkylation sites (N-methyl/N-ethyl adjacent to an activating group) is 1. The Morgan fingerprint density at radius 2 is 1.95 bits per heavy atom. The molecular formula is C15H21N3O2. The highest BCUT2D eigenvalue weighted by molar-refractivity contribution is 5.90. The highest BCUT2D eigenvalue weighted by atomic mass is 16.2. The minimum atomic E-state index is -0.702. The average molecular weight is 275 g/mol. The molecule has 1 unspecified atom stereocenters. The van der Waals surface area contributed by atoms with E-state index in [9.17, 15) is 9.59 Å². The fourth-order valence-electron chi connectivity index (χ4n) is 2.57. The van der Waals surface area contributed by atoms with Crippen molar-refractivity contribution in [1.82, 2.24) is 9.80 Å². The number of nitrogens with zero attached hydrogens (tertiary/aromatic N) is 2. The van der Waals surface area contributed by atoms with Crippen LogP contribution in [0.1, 0.15) is 24.4 Å². The van der Waals surface area contributed by atoms with Crippen LogP contribution in [0.3, 0.4) is 0 Å². The molecule has 2 rings (SSSR count). The summed E-state index contributed by atoms with van der Waals surface area (Å²) in [7, 11) is 3.42. The van der Waals surface area contributed by atoms with Crippen molar-refractivity contribution in [1.29, 1.82) is 0 Å². The molecule has 2 N–H and O–H groups in total. The molecule has 0 bridgehead atoms. The largest absolute Gasteiger partial charge is 0.347 e. The van der Waals surface area contributed by atoms with Gasteiger partial charge in [-0.25, -0.2) is 0 Å². The zero-order valence-electron chi connectivity index (χ0n) is 12.0. The Balaban J connectivity index is 2.14. The first-order valence-electron chi connectivity index (χ1n) is 6.84. The van der Waals surface area contributed by atoms with Crippen molar-refractivity contribution < 1.29 is 9.59 Å². The van der Waals surface area contributed by atoms with E-state index in [4.69, 9.17) is 5.73 Å². The van der Waals surface area contributed by atoms with Crippen molar-refractivity contribution in [2.45, 2.75) is 24.9 Å². The average Bonchev–Trinajstić information content (AvgIpc) is 2.94. The first-order chi connectivity index (χ1) is 9.52. The van der Waals surface area contributed by atoms with Crippen LogP contribution in [-0.4, -0.2) is 48.3 Å². The van der Waals surface area contributed by atoms with E-state index in [0.29, 0.717) is 13.0 Å². The number of amides is 2. The summed E-state index contributed by atoms with van der Waals surface area (Å²) in [5.74, 6) is -0.204. The van der Waals surface area contributed by atoms with E-state index < -0.39 is 6.04 Å². The molecule has 0 saturated carbocycles. The summed E-state index contributed by atoms with van der Waals surface area (Å²) in [6.45, 7) is 0.601. The Labute approximate surface area is 119 Å². The molecule has 5 heteroatoms. The smallest absolute Gasteiger partial charge is 0.244 e. The Morgan fingerprint density at radius 1 is 1.30 bits per heavy atom. The quantitative estimate of drug-likeness (QED) is 0.886. The van der Waals surface area contributed by atoms with Gasteiger partial charge in [0.15, 0.2) is 0 Å². The van der Waals surface area contributed by atoms with Crippen molar-refractivity contribution in [3.8, 4) is 0 Å². The van der Waals surface area contributed by atoms with Gasteiger partial charge in [0, 0.05) is 20.6 Å². The van der Waals surface area contributed by atoms with Crippen molar-refractivity contribution in [3.63, 3.8) is 0 Å². The van der Waals surface area contributed by atoms with Crippen LogP contribution in [0.25, 0.3) is 0 Å². The summed E-state index contributed by atoms with van der Waals surface area (Å²) >= 11 is 0. The maximum Gasteiger partial charge on any atom is 0.244 e. The van der Waals surface area contributed by atoms with Gasteiger partial charge in [-0.05, 0) is 18.4 Å². The molecule has 0 aromatic heterocycles. The summed E-state index contributed by atoms with van der Waals surface area (Å²) in [5, 5.41) is 0. The third-order valence-corrected chi connectivity index (χ3v) is 3.69. The molecule has 20 heavy (non-hydrogen) atoms. The van der Waals surface area contributed by atoms with E-state index >= 15 is 0 Å². The van der Waals surface area contributed by atoms with E-state index in [1.165, 1.54) is 4.90 Å². The predicted molar refractivity (Wildman–Crippen MR) is 76.8 cm³/mol. The molecule has 0 spiro atoms. The summed E-state index contributed by atoms with van der Waals surface area (Å²) in [6.07, 6.45) is 1.56. The SMILES string of the molecule is CN(C)C(=O)C1CCCN1C(=O)[C@H](N)c1ccccc1. The van der Waals surface area contributed by atoms with Crippen molar-refractivity contribution >= 4 is 11.8 Å². The van der Waals surface area contributed by atoms with Crippen LogP contribution in [0.4, 0.5) is 0 Å². The minimum absolute atomic E-state index is 0.0314. The number of carbonyl (C=O) groups excluding carboxylic acids is 2. The molecule has 108 valence electrons. The van der Waals surface area contributed by atoms with Gasteiger partial charge in [-0.1, -0.05) is 30.3 Å². The van der Waals surface area contributed by atoms with Gasteiger partial charge in [0.25, 0.3) is 0 Å². The second-order valence-corrected chi connectivity index (χ2v) is 5.31. The molecule has 2 atom stereocenters. The predicted octanol–water partition coefficient (Wildman–Crippen LogP) is 0.766. The Morgan fingerprint density at radius 3 is 2.55 bits per heavy atom. The number of carbonyl (C=O) groups is 2. The molecule has 1 heterocycles. The maximum absolute atomic E-state index is 12.5. The fraction of sp³-hybridized carbons (Fsp3) is 0.467. The summed E-state index contributed by atoms with van der Waals surface area (Å²) in [4.78, 5) is 27.8. The number of rotatable bonds is 3. The second-order valence-electron chi connectivity index (χ2n) is 5.31. The van der Waals surface area contributed by atoms with Crippen LogP contribution in [-0.2, 0) is 9.59 Å². The molecule has 5 nitrogen and oxygen atoms in total. The number of benzene rings is 1. The molecule has 2 amide bonds. The van der Waals surface area contributed by atoms with E-state index in [-0.39, 0.29) is 17.9 Å². The van der Waals surface area contributed by atoms with Gasteiger partial charge in [-0.15, -0.1) is 0 Å². The molecular weight excluding hydrogens is 254 g/mol. The van der Waals surface area contributed by atoms with Gasteiger partial charge >= 0.3 is 0 Å². The van der Waals surface area contributed by atoms with E-state index in [0.717, 1.165) is 12.0 Å². The van der Waals surface area contributed by atoms with Gasteiger partial charge in [-0.2, -0.15) is 0 Å². The van der Waals surface area contributed by atoms with Crippen LogP contribution in [0.2, 0.25) is 0 Å². The lowest BCUT2D eigenvalue weighted by atomic mass is 10.1. The van der Waals surface area contributed by atoms with Gasteiger partial charge < -0.3 is 15.5 Å². The highest BCUT2D eigenvalue weighted by Gasteiger charge is 2.37. The van der Waals surface area contributed by atoms with Crippen molar-refractivity contribution in [2.75, 3.05) is 20.6 Å². The Kier molecular flexibility index (Phi) is 4.39. The topological polar surface area (TPSA) is 66.6 Å². The lowest BCUT2D eigenvalue weighted by Crippen LogP contribution is -2.48. The Hall–Kier alpha value is -1.88. The summed E-state index contributed by atoms with van der Waals surface area (Å²) in [6, 6.07) is 8.20. The number of nitrogens with two attached hydrogens (primary N) is 1. The van der Waals surface area contributed by atoms with E-state index in [1.807, 2.05) is 30.3 Å². The fourth-order valence-corrected chi connectivity index (χ4v) is 2.57. The van der Waals surface area contributed by atoms with Crippen LogP contribution < -0.4 is 5.73 Å². The van der Waals surface area contributed by atoms with Gasteiger partial charge in [0.1, 0.15) is 12.1 Å². The van der Waals surface area contributed by atoms with Crippen LogP contribution in [0.15, 0.2) is 30.3 Å². The van der Waals surface area contributed by atoms with E-state index in [1.54, 1.807) is 19.0 Å². The van der Waals surface area contributed by atoms with Gasteiger partial charge in [0.2, 0.25) is 11.8 Å². The molecule has 1 aromatic rings.